The van der Waals surface area contributed by atoms with E-state index in [9.17, 15) is 10.2 Å². The maximum absolute atomic E-state index is 9.21. The molecule has 1 atom stereocenters. The fraction of sp³-hybridized carbons (Fsp3) is 1.00. The van der Waals surface area contributed by atoms with Gasteiger partial charge in [-0.1, -0.05) is 188 Å². The first-order chi connectivity index (χ1) is 25.3. The highest BCUT2D eigenvalue weighted by molar-refractivity contribution is 6.64. The summed E-state index contributed by atoms with van der Waals surface area (Å²) in [4.78, 5) is 2.14. The molecule has 0 rings (SSSR count). The van der Waals surface area contributed by atoms with E-state index in [-0.39, 0.29) is 19.5 Å². The number of aliphatic hydroxyl groups excluding tert-OH is 2. The van der Waals surface area contributed by atoms with Crippen molar-refractivity contribution in [3.63, 3.8) is 0 Å². The molecule has 0 fully saturated rings. The van der Waals surface area contributed by atoms with Gasteiger partial charge in [0, 0.05) is 26.3 Å². The predicted octanol–water partition coefficient (Wildman–Crippen LogP) is 13.1. The Labute approximate surface area is 327 Å². The van der Waals surface area contributed by atoms with E-state index in [1.54, 1.807) is 0 Å². The Morgan fingerprint density at radius 2 is 0.846 bits per heavy atom. The van der Waals surface area contributed by atoms with Crippen LogP contribution in [0.15, 0.2) is 0 Å². The van der Waals surface area contributed by atoms with Crippen LogP contribution in [-0.2, 0) is 13.6 Å². The maximum atomic E-state index is 9.21. The van der Waals surface area contributed by atoms with Gasteiger partial charge >= 0.3 is 8.56 Å². The Hall–Kier alpha value is -0.0231. The van der Waals surface area contributed by atoms with Crippen LogP contribution in [0.4, 0.5) is 0 Å². The zero-order valence-corrected chi connectivity index (χ0v) is 37.1. The molecule has 314 valence electrons. The van der Waals surface area contributed by atoms with Crippen LogP contribution in [-0.4, -0.2) is 76.0 Å². The van der Waals surface area contributed by atoms with E-state index in [1.807, 2.05) is 0 Å². The standard InChI is InChI=1S/C45H95NO5Si/c1-6-7-8-9-10-11-12-13-17-20-23-26-31-36-45(49-42-33-28-24-21-18-15-14-16-19-22-25-30-35-44(2)3)51-52(4,5)50-43-34-29-27-32-37-46(38-40-47)39-41-48/h44-45,47-48H,6-43H2,1-5H3. The fourth-order valence-corrected chi connectivity index (χ4v) is 8.74. The van der Waals surface area contributed by atoms with Crippen molar-refractivity contribution < 1.29 is 23.8 Å². The molecule has 0 aliphatic rings. The number of aliphatic hydroxyl groups is 2. The maximum Gasteiger partial charge on any atom is 0.333 e. The van der Waals surface area contributed by atoms with Crippen molar-refractivity contribution in [2.75, 3.05) is 46.1 Å². The Balaban J connectivity index is 4.28. The highest BCUT2D eigenvalue weighted by Gasteiger charge is 2.29. The van der Waals surface area contributed by atoms with Gasteiger partial charge in [0.2, 0.25) is 0 Å². The lowest BCUT2D eigenvalue weighted by atomic mass is 10.0. The van der Waals surface area contributed by atoms with Gasteiger partial charge in [0.15, 0.2) is 0 Å². The van der Waals surface area contributed by atoms with E-state index in [0.29, 0.717) is 13.1 Å². The average molecular weight is 758 g/mol. The number of hydrogen-bond acceptors (Lipinski definition) is 6. The van der Waals surface area contributed by atoms with Gasteiger partial charge in [-0.2, -0.15) is 0 Å². The molecular weight excluding hydrogens is 663 g/mol. The molecule has 52 heavy (non-hydrogen) atoms. The van der Waals surface area contributed by atoms with Crippen molar-refractivity contribution in [1.82, 2.24) is 4.90 Å². The average Bonchev–Trinajstić information content (AvgIpc) is 3.11. The minimum atomic E-state index is -2.28. The molecule has 0 aromatic carbocycles. The van der Waals surface area contributed by atoms with Crippen LogP contribution in [0.1, 0.15) is 220 Å². The van der Waals surface area contributed by atoms with Crippen LogP contribution in [0.5, 0.6) is 0 Å². The second-order valence-corrected chi connectivity index (χ2v) is 20.2. The van der Waals surface area contributed by atoms with Crippen LogP contribution in [0, 0.1) is 5.92 Å². The lowest BCUT2D eigenvalue weighted by Gasteiger charge is -2.29. The third-order valence-corrected chi connectivity index (χ3v) is 12.3. The number of unbranched alkanes of at least 4 members (excludes halogenated alkanes) is 26. The number of nitrogens with zero attached hydrogens (tertiary/aromatic N) is 1. The molecule has 0 aliphatic heterocycles. The van der Waals surface area contributed by atoms with Gasteiger partial charge in [-0.3, -0.25) is 4.90 Å². The molecule has 2 N–H and O–H groups in total. The van der Waals surface area contributed by atoms with Gasteiger partial charge in [0.05, 0.1) is 13.2 Å². The molecule has 0 radical (unpaired) electrons. The summed E-state index contributed by atoms with van der Waals surface area (Å²) in [7, 11) is -2.28. The molecule has 0 saturated heterocycles. The second kappa shape index (κ2) is 40.6. The first-order valence-electron chi connectivity index (χ1n) is 23.2. The van der Waals surface area contributed by atoms with E-state index in [0.717, 1.165) is 64.2 Å². The van der Waals surface area contributed by atoms with Crippen LogP contribution >= 0.6 is 0 Å². The molecule has 0 spiro atoms. The second-order valence-electron chi connectivity index (χ2n) is 16.8. The van der Waals surface area contributed by atoms with E-state index >= 15 is 0 Å². The fourth-order valence-electron chi connectivity index (χ4n) is 7.22. The molecule has 0 aliphatic carbocycles. The molecule has 0 heterocycles. The number of hydrogen-bond donors (Lipinski definition) is 2. The molecule has 7 heteroatoms. The summed E-state index contributed by atoms with van der Waals surface area (Å²) < 4.78 is 19.4. The Morgan fingerprint density at radius 1 is 0.462 bits per heavy atom. The van der Waals surface area contributed by atoms with Crippen LogP contribution in [0.3, 0.4) is 0 Å². The molecular formula is C45H95NO5Si. The van der Waals surface area contributed by atoms with E-state index < -0.39 is 8.56 Å². The summed E-state index contributed by atoms with van der Waals surface area (Å²) in [5.74, 6) is 0.862. The first kappa shape index (κ1) is 52.0. The SMILES string of the molecule is CCCCCCCCCCCCCCCC(OCCCCCCCCCCCCCCC(C)C)O[Si](C)(C)OCCCCCCN(CCO)CCO. The van der Waals surface area contributed by atoms with Crippen molar-refractivity contribution in [3.8, 4) is 0 Å². The van der Waals surface area contributed by atoms with Crippen molar-refractivity contribution in [2.24, 2.45) is 5.92 Å². The summed E-state index contributed by atoms with van der Waals surface area (Å²) in [6, 6.07) is 0. The lowest BCUT2D eigenvalue weighted by molar-refractivity contribution is -0.104. The monoisotopic (exact) mass is 758 g/mol. The molecule has 1 unspecified atom stereocenters. The Morgan fingerprint density at radius 3 is 1.29 bits per heavy atom. The van der Waals surface area contributed by atoms with Crippen molar-refractivity contribution in [1.29, 1.82) is 0 Å². The van der Waals surface area contributed by atoms with Crippen molar-refractivity contribution >= 4 is 8.56 Å². The number of rotatable bonds is 44. The van der Waals surface area contributed by atoms with Gasteiger partial charge in [-0.15, -0.1) is 0 Å². The third-order valence-electron chi connectivity index (χ3n) is 10.6. The topological polar surface area (TPSA) is 71.4 Å². The van der Waals surface area contributed by atoms with Crippen LogP contribution < -0.4 is 0 Å². The molecule has 0 bridgehead atoms. The summed E-state index contributed by atoms with van der Waals surface area (Å²) in [5.41, 5.74) is 0. The summed E-state index contributed by atoms with van der Waals surface area (Å²) >= 11 is 0. The van der Waals surface area contributed by atoms with Crippen molar-refractivity contribution in [3.05, 3.63) is 0 Å². The summed E-state index contributed by atoms with van der Waals surface area (Å²) in [5, 5.41) is 18.4. The minimum Gasteiger partial charge on any atom is -0.395 e. The van der Waals surface area contributed by atoms with E-state index in [4.69, 9.17) is 13.6 Å². The van der Waals surface area contributed by atoms with Gasteiger partial charge < -0.3 is 23.8 Å². The molecule has 0 aromatic rings. The molecule has 6 nitrogen and oxygen atoms in total. The van der Waals surface area contributed by atoms with Gasteiger partial charge in [-0.05, 0) is 57.7 Å². The van der Waals surface area contributed by atoms with Crippen molar-refractivity contribution in [2.45, 2.75) is 239 Å². The van der Waals surface area contributed by atoms with Crippen LogP contribution in [0.2, 0.25) is 13.1 Å². The highest BCUT2D eigenvalue weighted by Crippen LogP contribution is 2.20. The molecule has 0 saturated carbocycles. The minimum absolute atomic E-state index is 0.135. The van der Waals surface area contributed by atoms with Gasteiger partial charge in [0.1, 0.15) is 6.29 Å². The Bertz CT molecular complexity index is 676. The normalized spacial score (nSPS) is 12.9. The smallest absolute Gasteiger partial charge is 0.333 e. The third kappa shape index (κ3) is 39.7. The van der Waals surface area contributed by atoms with Gasteiger partial charge in [0.25, 0.3) is 0 Å². The molecule has 0 amide bonds. The highest BCUT2D eigenvalue weighted by atomic mass is 28.4. The molecule has 0 aromatic heterocycles. The zero-order valence-electron chi connectivity index (χ0n) is 36.1. The zero-order chi connectivity index (χ0) is 38.2. The van der Waals surface area contributed by atoms with Gasteiger partial charge in [-0.25, -0.2) is 0 Å². The summed E-state index contributed by atoms with van der Waals surface area (Å²) in [6.07, 6.45) is 40.9. The Kier molecular flexibility index (Phi) is 40.6. The quantitative estimate of drug-likeness (QED) is 0.0366. The van der Waals surface area contributed by atoms with Crippen LogP contribution in [0.25, 0.3) is 0 Å². The summed E-state index contributed by atoms with van der Waals surface area (Å²) in [6.45, 7) is 15.4. The largest absolute Gasteiger partial charge is 0.395 e. The number of ether oxygens (including phenoxy) is 1. The lowest BCUT2D eigenvalue weighted by Crippen LogP contribution is -2.40. The van der Waals surface area contributed by atoms with E-state index in [1.165, 1.54) is 161 Å². The van der Waals surface area contributed by atoms with E-state index in [2.05, 4.69) is 38.8 Å². The first-order valence-corrected chi connectivity index (χ1v) is 26.0. The predicted molar refractivity (Wildman–Crippen MR) is 229 cm³/mol.